The summed E-state index contributed by atoms with van der Waals surface area (Å²) in [5.74, 6) is 7.48. The van der Waals surface area contributed by atoms with Gasteiger partial charge < -0.3 is 15.3 Å². The molecule has 1 saturated carbocycles. The number of hydrogen-bond acceptors (Lipinski definition) is 10. The fourth-order valence-electron chi connectivity index (χ4n) is 4.38. The van der Waals surface area contributed by atoms with Gasteiger partial charge in [0, 0.05) is 37.7 Å². The second kappa shape index (κ2) is 10.7. The molecule has 2 fully saturated rings. The van der Waals surface area contributed by atoms with E-state index in [-0.39, 0.29) is 11.8 Å². The van der Waals surface area contributed by atoms with Crippen molar-refractivity contribution in [3.8, 4) is 23.2 Å². The van der Waals surface area contributed by atoms with Crippen molar-refractivity contribution in [2.75, 3.05) is 30.0 Å². The highest BCUT2D eigenvalue weighted by atomic mass is 32.2. The molecule has 2 N–H and O–H groups in total. The summed E-state index contributed by atoms with van der Waals surface area (Å²) in [6.45, 7) is 0.804. The Bertz CT molecular complexity index is 1710. The maximum Gasteiger partial charge on any atom is 0.256 e. The first-order valence-electron chi connectivity index (χ1n) is 12.8. The van der Waals surface area contributed by atoms with Crippen LogP contribution in [0, 0.1) is 11.8 Å². The van der Waals surface area contributed by atoms with Crippen molar-refractivity contribution in [2.45, 2.75) is 37.2 Å². The lowest BCUT2D eigenvalue weighted by molar-refractivity contribution is 0.198. The van der Waals surface area contributed by atoms with Crippen molar-refractivity contribution in [2.24, 2.45) is 0 Å². The van der Waals surface area contributed by atoms with Gasteiger partial charge in [0.15, 0.2) is 5.82 Å². The van der Waals surface area contributed by atoms with Gasteiger partial charge in [-0.2, -0.15) is 14.3 Å². The number of hydrogen-bond donors (Lipinski definition) is 2. The smallest absolute Gasteiger partial charge is 0.256 e. The Morgan fingerprint density at radius 2 is 1.95 bits per heavy atom. The van der Waals surface area contributed by atoms with Crippen LogP contribution in [0.1, 0.15) is 30.4 Å². The summed E-state index contributed by atoms with van der Waals surface area (Å²) in [5, 5.41) is 21.0. The fourth-order valence-corrected chi connectivity index (χ4v) is 5.86. The fraction of sp³-hybridized carbons (Fsp3) is 0.346. The predicted octanol–water partition coefficient (Wildman–Crippen LogP) is 1.96. The largest absolute Gasteiger partial charge is 0.391 e. The van der Waals surface area contributed by atoms with Crippen LogP contribution in [0.5, 0.6) is 0 Å². The van der Waals surface area contributed by atoms with Crippen LogP contribution in [-0.2, 0) is 16.6 Å². The van der Waals surface area contributed by atoms with Crippen LogP contribution in [0.2, 0.25) is 0 Å². The normalized spacial score (nSPS) is 17.1. The van der Waals surface area contributed by atoms with Gasteiger partial charge in [0.25, 0.3) is 10.0 Å². The molecule has 0 unspecified atom stereocenters. The summed E-state index contributed by atoms with van der Waals surface area (Å²) in [7, 11) is -3.49. The molecule has 6 rings (SSSR count). The molecule has 5 heterocycles. The van der Waals surface area contributed by atoms with Crippen LogP contribution in [0.25, 0.3) is 11.4 Å². The van der Waals surface area contributed by atoms with Crippen molar-refractivity contribution in [1.29, 1.82) is 0 Å². The number of nitrogens with zero attached hydrogens (tertiary/aromatic N) is 8. The van der Waals surface area contributed by atoms with E-state index in [2.05, 4.69) is 42.3 Å². The van der Waals surface area contributed by atoms with E-state index in [4.69, 9.17) is 0 Å². The maximum atomic E-state index is 12.6. The molecule has 0 amide bonds. The Morgan fingerprint density at radius 1 is 1.07 bits per heavy atom. The van der Waals surface area contributed by atoms with E-state index < -0.39 is 22.8 Å². The van der Waals surface area contributed by atoms with E-state index >= 15 is 0 Å². The second-order valence-corrected chi connectivity index (χ2v) is 11.7. The van der Waals surface area contributed by atoms with E-state index in [0.717, 1.165) is 9.77 Å². The Hall–Kier alpha value is -4.35. The number of aryl methyl sites for hydroxylation is 1. The van der Waals surface area contributed by atoms with Gasteiger partial charge in [0.05, 0.1) is 58.9 Å². The van der Waals surface area contributed by atoms with Crippen LogP contribution in [-0.4, -0.2) is 78.6 Å². The van der Waals surface area contributed by atoms with Gasteiger partial charge in [-0.25, -0.2) is 27.8 Å². The lowest BCUT2D eigenvalue weighted by Gasteiger charge is -2.20. The second-order valence-electron chi connectivity index (χ2n) is 9.64. The molecular weight excluding hydrogens is 537 g/mol. The number of aromatic nitrogens is 7. The monoisotopic (exact) mass is 563 g/mol. The van der Waals surface area contributed by atoms with Crippen molar-refractivity contribution in [3.05, 3.63) is 60.4 Å². The van der Waals surface area contributed by atoms with E-state index in [1.807, 2.05) is 11.0 Å². The van der Waals surface area contributed by atoms with Gasteiger partial charge in [-0.05, 0) is 25.3 Å². The number of β-amino-alcohol motifs (C(OH)–C–C–N with tert-alkyl or cyclic N) is 1. The van der Waals surface area contributed by atoms with Crippen LogP contribution in [0.3, 0.4) is 0 Å². The summed E-state index contributed by atoms with van der Waals surface area (Å²) >= 11 is 0. The van der Waals surface area contributed by atoms with Crippen molar-refractivity contribution in [3.63, 3.8) is 0 Å². The third-order valence-electron chi connectivity index (χ3n) is 6.61. The summed E-state index contributed by atoms with van der Waals surface area (Å²) < 4.78 is 40.1. The van der Waals surface area contributed by atoms with E-state index in [0.29, 0.717) is 66.5 Å². The lowest BCUT2D eigenvalue weighted by atomic mass is 10.2. The Labute approximate surface area is 230 Å². The van der Waals surface area contributed by atoms with Gasteiger partial charge in [-0.15, -0.1) is 0 Å². The van der Waals surface area contributed by atoms with Gasteiger partial charge in [-0.1, -0.05) is 11.8 Å². The molecule has 0 bridgehead atoms. The number of anilines is 3. The Kier molecular flexibility index (Phi) is 6.91. The van der Waals surface area contributed by atoms with E-state index in [9.17, 15) is 17.9 Å². The molecule has 40 heavy (non-hydrogen) atoms. The van der Waals surface area contributed by atoms with Crippen molar-refractivity contribution in [1.82, 2.24) is 33.9 Å². The molecule has 4 aromatic rings. The zero-order chi connectivity index (χ0) is 27.7. The standard InChI is InChI=1S/C26H26FN9O3S/c27-7-10-35-15-18(12-30-35)1-2-19-13-29-25(11-23(19)34-9-6-21(37)17-34)32-24-5-8-28-26(33-24)20-14-31-36(16-20)40(38,39)22-3-4-22/h5,8,11-16,21-22,37H,3-4,6-7,9-10,17H2,(H,28,29,32,33)/t21-/m1/s1. The molecule has 12 nitrogen and oxygen atoms in total. The summed E-state index contributed by atoms with van der Waals surface area (Å²) in [6.07, 6.45) is 10.9. The molecule has 4 aromatic heterocycles. The van der Waals surface area contributed by atoms with Gasteiger partial charge in [0.2, 0.25) is 0 Å². The molecular formula is C26H26FN9O3S. The number of halogens is 1. The highest BCUT2D eigenvalue weighted by Crippen LogP contribution is 2.31. The third kappa shape index (κ3) is 5.51. The molecule has 1 saturated heterocycles. The number of rotatable bonds is 8. The molecule has 1 aliphatic heterocycles. The minimum absolute atomic E-state index is 0.174. The first-order valence-corrected chi connectivity index (χ1v) is 14.3. The number of alkyl halides is 1. The molecule has 2 aliphatic rings. The molecule has 14 heteroatoms. The average molecular weight is 564 g/mol. The molecule has 206 valence electrons. The van der Waals surface area contributed by atoms with Crippen LogP contribution < -0.4 is 10.2 Å². The minimum Gasteiger partial charge on any atom is -0.391 e. The van der Waals surface area contributed by atoms with Gasteiger partial charge in [-0.3, -0.25) is 4.68 Å². The summed E-state index contributed by atoms with van der Waals surface area (Å²) in [5.41, 5.74) is 2.61. The lowest BCUT2D eigenvalue weighted by Crippen LogP contribution is -2.22. The average Bonchev–Trinajstić information content (AvgIpc) is 3.31. The number of aliphatic hydroxyl groups is 1. The highest BCUT2D eigenvalue weighted by molar-refractivity contribution is 7.90. The zero-order valence-electron chi connectivity index (χ0n) is 21.4. The molecule has 0 aromatic carbocycles. The van der Waals surface area contributed by atoms with Crippen LogP contribution in [0.4, 0.5) is 21.7 Å². The first kappa shape index (κ1) is 25.9. The minimum atomic E-state index is -3.49. The molecule has 1 atom stereocenters. The number of aliphatic hydroxyl groups excluding tert-OH is 1. The maximum absolute atomic E-state index is 12.6. The number of pyridine rings is 1. The summed E-state index contributed by atoms with van der Waals surface area (Å²) in [6, 6.07) is 3.52. The van der Waals surface area contributed by atoms with Crippen LogP contribution >= 0.6 is 0 Å². The van der Waals surface area contributed by atoms with Crippen molar-refractivity contribution < 1.29 is 17.9 Å². The predicted molar refractivity (Wildman–Crippen MR) is 145 cm³/mol. The topological polar surface area (TPSA) is 144 Å². The zero-order valence-corrected chi connectivity index (χ0v) is 22.2. The molecule has 0 spiro atoms. The SMILES string of the molecule is O=S(=O)(C1CC1)n1cc(-c2nccc(Nc3cc(N4CC[C@@H](O)C4)c(C#Cc4cnn(CCF)c4)cn3)n2)cn1. The van der Waals surface area contributed by atoms with Crippen LogP contribution in [0.15, 0.2) is 49.3 Å². The van der Waals surface area contributed by atoms with Crippen molar-refractivity contribution >= 4 is 27.3 Å². The summed E-state index contributed by atoms with van der Waals surface area (Å²) in [4.78, 5) is 15.4. The Morgan fingerprint density at radius 3 is 2.73 bits per heavy atom. The van der Waals surface area contributed by atoms with E-state index in [1.54, 1.807) is 30.9 Å². The molecule has 0 radical (unpaired) electrons. The Balaban J connectivity index is 1.25. The highest BCUT2D eigenvalue weighted by Gasteiger charge is 2.37. The van der Waals surface area contributed by atoms with Gasteiger partial charge in [0.1, 0.15) is 18.3 Å². The quantitative estimate of drug-likeness (QED) is 0.305. The van der Waals surface area contributed by atoms with E-state index in [1.165, 1.54) is 17.1 Å². The van der Waals surface area contributed by atoms with Gasteiger partial charge >= 0.3 is 0 Å². The first-order chi connectivity index (χ1) is 19.4. The third-order valence-corrected chi connectivity index (χ3v) is 8.65. The molecule has 1 aliphatic carbocycles. The number of nitrogens with one attached hydrogen (secondary N) is 1.